The molecule has 7 nitrogen and oxygen atoms in total. The van der Waals surface area contributed by atoms with Crippen LogP contribution in [0.1, 0.15) is 54.6 Å². The minimum absolute atomic E-state index is 0.0384. The molecule has 2 aliphatic rings. The molecule has 0 radical (unpaired) electrons. The Labute approximate surface area is 220 Å². The summed E-state index contributed by atoms with van der Waals surface area (Å²) in [7, 11) is -10.2. The van der Waals surface area contributed by atoms with Crippen molar-refractivity contribution < 1.29 is 42.9 Å². The predicted molar refractivity (Wildman–Crippen MR) is 134 cm³/mol. The quantitative estimate of drug-likeness (QED) is 0.233. The van der Waals surface area contributed by atoms with E-state index in [1.54, 1.807) is 13.8 Å². The van der Waals surface area contributed by atoms with Gasteiger partial charge in [-0.1, -0.05) is 25.8 Å². The van der Waals surface area contributed by atoms with Gasteiger partial charge in [0.05, 0.1) is 25.3 Å². The Morgan fingerprint density at radius 1 is 1.05 bits per heavy atom. The maximum absolute atomic E-state index is 15.3. The van der Waals surface area contributed by atoms with Crippen LogP contribution in [0.15, 0.2) is 29.2 Å². The molecule has 0 spiro atoms. The fourth-order valence-corrected chi connectivity index (χ4v) is 5.09. The van der Waals surface area contributed by atoms with Crippen molar-refractivity contribution in [1.29, 1.82) is 5.41 Å². The first-order valence-corrected chi connectivity index (χ1v) is 14.2. The van der Waals surface area contributed by atoms with Gasteiger partial charge in [-0.15, -0.1) is 0 Å². The summed E-state index contributed by atoms with van der Waals surface area (Å²) in [5.74, 6) is -3.55. The normalized spacial score (nSPS) is 17.1. The summed E-state index contributed by atoms with van der Waals surface area (Å²) in [6.45, 7) is 2.74. The number of nitrogens with one attached hydrogen (secondary N) is 2. The van der Waals surface area contributed by atoms with Gasteiger partial charge in [0.1, 0.15) is 10.7 Å². The fraction of sp³-hybridized carbons (Fsp3) is 0.400. The standard InChI is InChI=1S/C25H27F6N3O4S/c1-3-37-20-10-16-12-34(24(32)21(16)22(26)23(20)38-4-2)13-19(35)15-8-17(33-25(36)14-6-5-7-14)11-18(9-15)39(27,28,29,30)31/h8-11,14,32H,3-7,12-13H2,1-2H3,(H,33,36). The van der Waals surface area contributed by atoms with E-state index >= 15 is 4.39 Å². The highest BCUT2D eigenvalue weighted by Gasteiger charge is 2.65. The second kappa shape index (κ2) is 9.35. The number of benzene rings is 2. The number of fused-ring (bicyclic) bond motifs is 1. The van der Waals surface area contributed by atoms with Gasteiger partial charge in [-0.3, -0.25) is 15.0 Å². The first-order valence-electron chi connectivity index (χ1n) is 12.2. The van der Waals surface area contributed by atoms with E-state index in [0.717, 1.165) is 17.4 Å². The van der Waals surface area contributed by atoms with E-state index in [-0.39, 0.29) is 54.5 Å². The molecule has 39 heavy (non-hydrogen) atoms. The third kappa shape index (κ3) is 5.94. The number of halogens is 6. The molecule has 0 unspecified atom stereocenters. The molecule has 1 saturated carbocycles. The number of Topliss-reactive ketones (excluding diaryl/α,β-unsaturated/α-hetero) is 1. The number of ketones is 1. The van der Waals surface area contributed by atoms with Crippen molar-refractivity contribution in [3.05, 3.63) is 46.8 Å². The molecule has 2 aromatic carbocycles. The van der Waals surface area contributed by atoms with Crippen molar-refractivity contribution in [3.63, 3.8) is 0 Å². The molecule has 4 rings (SSSR count). The van der Waals surface area contributed by atoms with Crippen LogP contribution in [0.5, 0.6) is 11.5 Å². The highest BCUT2D eigenvalue weighted by atomic mass is 32.5. The molecule has 0 aromatic heterocycles. The van der Waals surface area contributed by atoms with Crippen LogP contribution in [0.2, 0.25) is 0 Å². The van der Waals surface area contributed by atoms with E-state index in [1.807, 2.05) is 0 Å². The Hall–Kier alpha value is -3.42. The number of carbonyl (C=O) groups excluding carboxylic acids is 2. The van der Waals surface area contributed by atoms with Crippen molar-refractivity contribution in [2.45, 2.75) is 44.6 Å². The molecule has 1 heterocycles. The van der Waals surface area contributed by atoms with Crippen LogP contribution >= 0.6 is 10.2 Å². The third-order valence-corrected chi connectivity index (χ3v) is 7.65. The van der Waals surface area contributed by atoms with Crippen LogP contribution in [0, 0.1) is 17.1 Å². The van der Waals surface area contributed by atoms with Gasteiger partial charge >= 0.3 is 10.2 Å². The van der Waals surface area contributed by atoms with Crippen molar-refractivity contribution in [2.75, 3.05) is 25.1 Å². The van der Waals surface area contributed by atoms with Crippen LogP contribution in [0.4, 0.5) is 29.5 Å². The number of rotatable bonds is 10. The van der Waals surface area contributed by atoms with Gasteiger partial charge in [-0.05, 0) is 56.5 Å². The lowest BCUT2D eigenvalue weighted by atomic mass is 9.85. The summed E-state index contributed by atoms with van der Waals surface area (Å²) >= 11 is 0. The molecular weight excluding hydrogens is 552 g/mol. The molecule has 1 aliphatic carbocycles. The molecular formula is C25H27F6N3O4S. The number of amides is 1. The van der Waals surface area contributed by atoms with E-state index in [2.05, 4.69) is 5.32 Å². The molecule has 0 saturated heterocycles. The first-order chi connectivity index (χ1) is 18.0. The zero-order chi connectivity index (χ0) is 28.8. The summed E-state index contributed by atoms with van der Waals surface area (Å²) in [6.07, 6.45) is 1.79. The molecule has 14 heteroatoms. The van der Waals surface area contributed by atoms with Gasteiger partial charge in [0, 0.05) is 23.7 Å². The number of nitrogens with zero attached hydrogens (tertiary/aromatic N) is 1. The number of amidine groups is 1. The minimum Gasteiger partial charge on any atom is -0.490 e. The Morgan fingerprint density at radius 2 is 1.72 bits per heavy atom. The molecule has 1 fully saturated rings. The van der Waals surface area contributed by atoms with E-state index in [1.165, 1.54) is 6.07 Å². The second-order valence-corrected chi connectivity index (χ2v) is 11.8. The van der Waals surface area contributed by atoms with Crippen LogP contribution in [0.25, 0.3) is 0 Å². The van der Waals surface area contributed by atoms with Crippen LogP contribution < -0.4 is 14.8 Å². The highest BCUT2D eigenvalue weighted by Crippen LogP contribution is 3.02. The molecule has 214 valence electrons. The Morgan fingerprint density at radius 3 is 2.28 bits per heavy atom. The van der Waals surface area contributed by atoms with Crippen LogP contribution in [-0.4, -0.2) is 42.2 Å². The van der Waals surface area contributed by atoms with E-state index in [0.29, 0.717) is 12.8 Å². The molecule has 1 amide bonds. The van der Waals surface area contributed by atoms with Gasteiger partial charge in [0.15, 0.2) is 23.1 Å². The van der Waals surface area contributed by atoms with Crippen LogP contribution in [0.3, 0.4) is 0 Å². The average molecular weight is 580 g/mol. The lowest BCUT2D eigenvalue weighted by molar-refractivity contribution is -0.122. The van der Waals surface area contributed by atoms with Gasteiger partial charge in [0.2, 0.25) is 5.91 Å². The maximum Gasteiger partial charge on any atom is 0.310 e. The number of anilines is 1. The zero-order valence-electron chi connectivity index (χ0n) is 21.1. The summed E-state index contributed by atoms with van der Waals surface area (Å²) in [5, 5.41) is 10.6. The second-order valence-electron chi connectivity index (χ2n) is 9.38. The monoisotopic (exact) mass is 579 g/mol. The van der Waals surface area contributed by atoms with Crippen molar-refractivity contribution >= 4 is 33.4 Å². The van der Waals surface area contributed by atoms with Crippen molar-refractivity contribution in [2.24, 2.45) is 5.92 Å². The van der Waals surface area contributed by atoms with E-state index < -0.39 is 62.2 Å². The molecule has 0 atom stereocenters. The molecule has 2 N–H and O–H groups in total. The molecule has 2 aromatic rings. The topological polar surface area (TPSA) is 91.7 Å². The summed E-state index contributed by atoms with van der Waals surface area (Å²) in [4.78, 5) is 24.1. The fourth-order valence-electron chi connectivity index (χ4n) is 4.39. The summed E-state index contributed by atoms with van der Waals surface area (Å²) < 4.78 is 94.5. The van der Waals surface area contributed by atoms with Gasteiger partial charge in [-0.2, -0.15) is 0 Å². The predicted octanol–water partition coefficient (Wildman–Crippen LogP) is 7.04. The van der Waals surface area contributed by atoms with Crippen molar-refractivity contribution in [1.82, 2.24) is 4.90 Å². The number of hydrogen-bond donors (Lipinski definition) is 2. The number of hydrogen-bond acceptors (Lipinski definition) is 5. The largest absolute Gasteiger partial charge is 0.490 e. The van der Waals surface area contributed by atoms with Gasteiger partial charge in [0.25, 0.3) is 0 Å². The first kappa shape index (κ1) is 28.6. The lowest BCUT2D eigenvalue weighted by Crippen LogP contribution is -2.31. The number of ether oxygens (including phenoxy) is 2. The van der Waals surface area contributed by atoms with Crippen LogP contribution in [-0.2, 0) is 11.3 Å². The van der Waals surface area contributed by atoms with Gasteiger partial charge < -0.3 is 19.7 Å². The Balaban J connectivity index is 1.64. The molecule has 0 bridgehead atoms. The Kier molecular flexibility index (Phi) is 6.85. The Bertz CT molecular complexity index is 1360. The van der Waals surface area contributed by atoms with Gasteiger partial charge in [-0.25, -0.2) is 4.39 Å². The maximum atomic E-state index is 15.3. The zero-order valence-corrected chi connectivity index (χ0v) is 21.9. The highest BCUT2D eigenvalue weighted by molar-refractivity contribution is 8.45. The molecule has 1 aliphatic heterocycles. The summed E-state index contributed by atoms with van der Waals surface area (Å²) in [6, 6.07) is 2.49. The summed E-state index contributed by atoms with van der Waals surface area (Å²) in [5.41, 5.74) is -1.20. The minimum atomic E-state index is -10.2. The lowest BCUT2D eigenvalue weighted by Gasteiger charge is -2.41. The smallest absolute Gasteiger partial charge is 0.310 e. The van der Waals surface area contributed by atoms with E-state index in [4.69, 9.17) is 14.9 Å². The van der Waals surface area contributed by atoms with E-state index in [9.17, 15) is 29.0 Å². The number of carbonyl (C=O) groups is 2. The SMILES string of the molecule is CCOc1cc2c(c(F)c1OCC)C(=N)N(CC(=O)c1cc(NC(=O)C3CCC3)cc(S(F)(F)(F)(F)F)c1)C2. The third-order valence-electron chi connectivity index (χ3n) is 6.52. The average Bonchev–Trinajstić information content (AvgIpc) is 3.08. The van der Waals surface area contributed by atoms with Crippen molar-refractivity contribution in [3.8, 4) is 11.5 Å².